The van der Waals surface area contributed by atoms with Crippen LogP contribution in [0.3, 0.4) is 0 Å². The van der Waals surface area contributed by atoms with Gasteiger partial charge < -0.3 is 4.98 Å². The van der Waals surface area contributed by atoms with E-state index in [0.29, 0.717) is 24.2 Å². The minimum absolute atomic E-state index is 0.182. The van der Waals surface area contributed by atoms with Gasteiger partial charge in [0.05, 0.1) is 6.20 Å². The van der Waals surface area contributed by atoms with Crippen LogP contribution in [0.25, 0.3) is 0 Å². The highest BCUT2D eigenvalue weighted by Gasteiger charge is 2.43. The molecular weight excluding hydrogens is 274 g/mol. The van der Waals surface area contributed by atoms with Gasteiger partial charge in [-0.25, -0.2) is 13.4 Å². The van der Waals surface area contributed by atoms with Gasteiger partial charge in [-0.1, -0.05) is 19.8 Å². The van der Waals surface area contributed by atoms with Crippen molar-refractivity contribution in [3.63, 3.8) is 0 Å². The topological polar surface area (TPSA) is 66.1 Å². The Labute approximate surface area is 120 Å². The van der Waals surface area contributed by atoms with Crippen molar-refractivity contribution in [2.45, 2.75) is 57.0 Å². The molecule has 3 rings (SSSR count). The Bertz CT molecular complexity index is 581. The van der Waals surface area contributed by atoms with Crippen molar-refractivity contribution in [1.82, 2.24) is 14.3 Å². The zero-order chi connectivity index (χ0) is 14.3. The summed E-state index contributed by atoms with van der Waals surface area (Å²) in [4.78, 5) is 6.91. The predicted octanol–water partition coefficient (Wildman–Crippen LogP) is 2.31. The Morgan fingerprint density at radius 2 is 2.05 bits per heavy atom. The molecule has 2 heterocycles. The van der Waals surface area contributed by atoms with Gasteiger partial charge in [-0.3, -0.25) is 0 Å². The zero-order valence-corrected chi connectivity index (χ0v) is 13.0. The van der Waals surface area contributed by atoms with Gasteiger partial charge >= 0.3 is 0 Å². The SMILES string of the molecule is Cc1ncc(S(=O)(=O)N2CCC(C)C3CCCCC32)[nH]1. The minimum atomic E-state index is -3.42. The summed E-state index contributed by atoms with van der Waals surface area (Å²) in [7, 11) is -3.42. The van der Waals surface area contributed by atoms with Gasteiger partial charge in [0, 0.05) is 12.6 Å². The molecule has 1 N–H and O–H groups in total. The average Bonchev–Trinajstić information content (AvgIpc) is 2.87. The number of piperidine rings is 1. The summed E-state index contributed by atoms with van der Waals surface area (Å²) in [5.41, 5.74) is 0. The maximum absolute atomic E-state index is 12.8. The van der Waals surface area contributed by atoms with Crippen molar-refractivity contribution in [3.05, 3.63) is 12.0 Å². The fourth-order valence-electron chi connectivity index (χ4n) is 3.83. The Morgan fingerprint density at radius 3 is 2.75 bits per heavy atom. The van der Waals surface area contributed by atoms with Crippen molar-refractivity contribution in [2.24, 2.45) is 11.8 Å². The number of aryl methyl sites for hydroxylation is 1. The zero-order valence-electron chi connectivity index (χ0n) is 12.2. The van der Waals surface area contributed by atoms with Crippen LogP contribution in [0, 0.1) is 18.8 Å². The average molecular weight is 297 g/mol. The number of imidazole rings is 1. The molecule has 3 unspecified atom stereocenters. The molecule has 0 aromatic carbocycles. The van der Waals surface area contributed by atoms with Crippen LogP contribution in [0.5, 0.6) is 0 Å². The van der Waals surface area contributed by atoms with E-state index in [1.165, 1.54) is 19.0 Å². The lowest BCUT2D eigenvalue weighted by Crippen LogP contribution is -2.52. The Morgan fingerprint density at radius 1 is 1.30 bits per heavy atom. The molecule has 1 aliphatic carbocycles. The maximum Gasteiger partial charge on any atom is 0.260 e. The van der Waals surface area contributed by atoms with Crippen LogP contribution < -0.4 is 0 Å². The van der Waals surface area contributed by atoms with E-state index in [2.05, 4.69) is 16.9 Å². The van der Waals surface area contributed by atoms with Crippen LogP contribution in [-0.2, 0) is 10.0 Å². The standard InChI is InChI=1S/C14H23N3O2S/c1-10-7-8-17(13-6-4-3-5-12(10)13)20(18,19)14-9-15-11(2)16-14/h9-10,12-13H,3-8H2,1-2H3,(H,15,16). The molecule has 3 atom stereocenters. The fraction of sp³-hybridized carbons (Fsp3) is 0.786. The van der Waals surface area contributed by atoms with Gasteiger partial charge in [0.15, 0.2) is 5.03 Å². The van der Waals surface area contributed by atoms with E-state index < -0.39 is 10.0 Å². The van der Waals surface area contributed by atoms with Crippen LogP contribution in [0.1, 0.15) is 44.9 Å². The molecule has 112 valence electrons. The highest BCUT2D eigenvalue weighted by molar-refractivity contribution is 7.89. The van der Waals surface area contributed by atoms with E-state index in [1.807, 2.05) is 0 Å². The Balaban J connectivity index is 1.92. The molecular formula is C14H23N3O2S. The Hall–Kier alpha value is -0.880. The normalized spacial score (nSPS) is 32.0. The van der Waals surface area contributed by atoms with Crippen molar-refractivity contribution < 1.29 is 8.42 Å². The van der Waals surface area contributed by atoms with E-state index in [1.54, 1.807) is 11.2 Å². The quantitative estimate of drug-likeness (QED) is 0.911. The smallest absolute Gasteiger partial charge is 0.260 e. The second kappa shape index (κ2) is 5.15. The first-order valence-corrected chi connectivity index (χ1v) is 8.97. The molecule has 1 aromatic heterocycles. The molecule has 5 nitrogen and oxygen atoms in total. The number of aromatic amines is 1. The molecule has 6 heteroatoms. The summed E-state index contributed by atoms with van der Waals surface area (Å²) in [6.07, 6.45) is 6.96. The molecule has 2 aliphatic rings. The molecule has 20 heavy (non-hydrogen) atoms. The number of rotatable bonds is 2. The first-order valence-electron chi connectivity index (χ1n) is 7.53. The van der Waals surface area contributed by atoms with E-state index >= 15 is 0 Å². The third-order valence-corrected chi connectivity index (χ3v) is 6.79. The van der Waals surface area contributed by atoms with Crippen LogP contribution in [0.4, 0.5) is 0 Å². The first kappa shape index (κ1) is 14.1. The third-order valence-electron chi connectivity index (χ3n) is 4.95. The molecule has 0 amide bonds. The van der Waals surface area contributed by atoms with Crippen molar-refractivity contribution in [2.75, 3.05) is 6.54 Å². The lowest BCUT2D eigenvalue weighted by Gasteiger charge is -2.46. The van der Waals surface area contributed by atoms with E-state index in [9.17, 15) is 8.42 Å². The summed E-state index contributed by atoms with van der Waals surface area (Å²) >= 11 is 0. The monoisotopic (exact) mass is 297 g/mol. The van der Waals surface area contributed by atoms with Crippen LogP contribution in [-0.4, -0.2) is 35.3 Å². The van der Waals surface area contributed by atoms with E-state index in [4.69, 9.17) is 0 Å². The largest absolute Gasteiger partial charge is 0.332 e. The number of sulfonamides is 1. The summed E-state index contributed by atoms with van der Waals surface area (Å²) in [6.45, 7) is 4.69. The molecule has 1 saturated carbocycles. The highest BCUT2D eigenvalue weighted by atomic mass is 32.2. The summed E-state index contributed by atoms with van der Waals surface area (Å²) < 4.78 is 27.4. The number of H-pyrrole nitrogens is 1. The minimum Gasteiger partial charge on any atom is -0.332 e. The van der Waals surface area contributed by atoms with Gasteiger partial charge in [0.2, 0.25) is 0 Å². The second-order valence-electron chi connectivity index (χ2n) is 6.23. The molecule has 0 spiro atoms. The molecule has 1 aliphatic heterocycles. The van der Waals surface area contributed by atoms with Gasteiger partial charge in [0.1, 0.15) is 5.82 Å². The molecule has 2 fully saturated rings. The highest BCUT2D eigenvalue weighted by Crippen LogP contribution is 2.40. The summed E-state index contributed by atoms with van der Waals surface area (Å²) in [5.74, 6) is 1.81. The fourth-order valence-corrected chi connectivity index (χ4v) is 5.51. The van der Waals surface area contributed by atoms with Gasteiger partial charge in [-0.05, 0) is 38.0 Å². The van der Waals surface area contributed by atoms with Crippen molar-refractivity contribution in [3.8, 4) is 0 Å². The van der Waals surface area contributed by atoms with Gasteiger partial charge in [-0.2, -0.15) is 4.31 Å². The lowest BCUT2D eigenvalue weighted by atomic mass is 9.74. The van der Waals surface area contributed by atoms with E-state index in [0.717, 1.165) is 19.3 Å². The van der Waals surface area contributed by atoms with Crippen LogP contribution in [0.15, 0.2) is 11.2 Å². The summed E-state index contributed by atoms with van der Waals surface area (Å²) in [6, 6.07) is 0.182. The first-order chi connectivity index (χ1) is 9.50. The number of hydrogen-bond donors (Lipinski definition) is 1. The number of nitrogens with one attached hydrogen (secondary N) is 1. The molecule has 0 radical (unpaired) electrons. The number of fused-ring (bicyclic) bond motifs is 1. The van der Waals surface area contributed by atoms with Gasteiger partial charge in [0.25, 0.3) is 10.0 Å². The van der Waals surface area contributed by atoms with Crippen LogP contribution >= 0.6 is 0 Å². The Kier molecular flexibility index (Phi) is 3.62. The second-order valence-corrected chi connectivity index (χ2v) is 8.09. The molecule has 0 bridgehead atoms. The number of aromatic nitrogens is 2. The lowest BCUT2D eigenvalue weighted by molar-refractivity contribution is 0.0825. The summed E-state index contributed by atoms with van der Waals surface area (Å²) in [5, 5.41) is 0.244. The van der Waals surface area contributed by atoms with E-state index in [-0.39, 0.29) is 11.1 Å². The predicted molar refractivity (Wildman–Crippen MR) is 76.7 cm³/mol. The number of nitrogens with zero attached hydrogens (tertiary/aromatic N) is 2. The van der Waals surface area contributed by atoms with Crippen LogP contribution in [0.2, 0.25) is 0 Å². The number of hydrogen-bond acceptors (Lipinski definition) is 3. The maximum atomic E-state index is 12.8. The van der Waals surface area contributed by atoms with Crippen molar-refractivity contribution >= 4 is 10.0 Å². The van der Waals surface area contributed by atoms with Crippen molar-refractivity contribution in [1.29, 1.82) is 0 Å². The molecule has 1 saturated heterocycles. The third kappa shape index (κ3) is 2.29. The molecule has 1 aromatic rings. The van der Waals surface area contributed by atoms with Gasteiger partial charge in [-0.15, -0.1) is 0 Å².